The third kappa shape index (κ3) is 2.59. The van der Waals surface area contributed by atoms with Crippen molar-refractivity contribution in [2.24, 2.45) is 5.84 Å². The van der Waals surface area contributed by atoms with Crippen molar-refractivity contribution in [1.82, 2.24) is 35.0 Å². The summed E-state index contributed by atoms with van der Waals surface area (Å²) < 4.78 is 1.30. The number of nitrogen functional groups attached to an aromatic ring is 1. The molecule has 12 nitrogen and oxygen atoms in total. The fraction of sp³-hybridized carbons (Fsp3) is 0.222. The van der Waals surface area contributed by atoms with Gasteiger partial charge in [0.1, 0.15) is 25.7 Å². The average molecular weight is 290 g/mol. The smallest absolute Gasteiger partial charge is 0.258 e. The summed E-state index contributed by atoms with van der Waals surface area (Å²) in [5.74, 6) is 4.80. The molecule has 12 heteroatoms. The summed E-state index contributed by atoms with van der Waals surface area (Å²) in [6.07, 6.45) is 2.71. The molecule has 0 unspecified atom stereocenters. The number of nitrogens with two attached hydrogens (primary N) is 1. The summed E-state index contributed by atoms with van der Waals surface area (Å²) in [5.41, 5.74) is 2.30. The van der Waals surface area contributed by atoms with Crippen LogP contribution >= 0.6 is 0 Å². The second kappa shape index (κ2) is 5.09. The Kier molecular flexibility index (Phi) is 3.12. The number of anilines is 2. The first kappa shape index (κ1) is 12.9. The number of hydrogen-bond donors (Lipinski definition) is 3. The normalized spacial score (nSPS) is 15.0. The number of hydrazine groups is 1. The molecule has 1 saturated heterocycles. The lowest BCUT2D eigenvalue weighted by Crippen LogP contribution is -2.52. The number of aromatic nitrogens is 6. The summed E-state index contributed by atoms with van der Waals surface area (Å²) in [6, 6.07) is 0. The molecule has 2 aromatic heterocycles. The molecule has 3 rings (SSSR count). The van der Waals surface area contributed by atoms with E-state index in [2.05, 4.69) is 35.8 Å². The third-order valence-electron chi connectivity index (χ3n) is 2.60. The first-order valence-corrected chi connectivity index (χ1v) is 5.81. The number of amides is 2. The standard InChI is InChI=1S/C9H10N10O2/c10-17-7-14-8(18-1-5(20)13-6(21)2-18)16-9(15-7)19-4-11-3-12-19/h3-4H,1-2,10H2,(H,13,20,21)(H,14,15,16,17). The molecule has 0 bridgehead atoms. The van der Waals surface area contributed by atoms with Crippen molar-refractivity contribution in [3.63, 3.8) is 0 Å². The zero-order chi connectivity index (χ0) is 14.8. The number of carbonyl (C=O) groups excluding carboxylic acids is 2. The van der Waals surface area contributed by atoms with Gasteiger partial charge in [-0.3, -0.25) is 20.3 Å². The Morgan fingerprint density at radius 1 is 1.14 bits per heavy atom. The fourth-order valence-corrected chi connectivity index (χ4v) is 1.75. The minimum absolute atomic E-state index is 0.0451. The van der Waals surface area contributed by atoms with E-state index >= 15 is 0 Å². The second-order valence-electron chi connectivity index (χ2n) is 4.07. The predicted molar refractivity (Wildman–Crippen MR) is 67.9 cm³/mol. The van der Waals surface area contributed by atoms with E-state index in [-0.39, 0.29) is 30.9 Å². The zero-order valence-corrected chi connectivity index (χ0v) is 10.6. The van der Waals surface area contributed by atoms with Crippen LogP contribution in [0, 0.1) is 0 Å². The average Bonchev–Trinajstić information content (AvgIpc) is 3.00. The molecule has 4 N–H and O–H groups in total. The molecular weight excluding hydrogens is 280 g/mol. The molecule has 0 aliphatic carbocycles. The van der Waals surface area contributed by atoms with Crippen LogP contribution in [-0.4, -0.2) is 54.6 Å². The van der Waals surface area contributed by atoms with E-state index in [1.54, 1.807) is 0 Å². The molecule has 21 heavy (non-hydrogen) atoms. The minimum atomic E-state index is -0.434. The number of hydrogen-bond acceptors (Lipinski definition) is 10. The molecule has 0 radical (unpaired) electrons. The van der Waals surface area contributed by atoms with Crippen molar-refractivity contribution in [3.05, 3.63) is 12.7 Å². The number of imide groups is 1. The Morgan fingerprint density at radius 3 is 2.48 bits per heavy atom. The molecule has 3 heterocycles. The highest BCUT2D eigenvalue weighted by Crippen LogP contribution is 2.13. The maximum atomic E-state index is 11.4. The van der Waals surface area contributed by atoms with E-state index < -0.39 is 11.8 Å². The lowest BCUT2D eigenvalue weighted by molar-refractivity contribution is -0.130. The monoisotopic (exact) mass is 290 g/mol. The Labute approximate surface area is 117 Å². The summed E-state index contributed by atoms with van der Waals surface area (Å²) in [7, 11) is 0. The quantitative estimate of drug-likeness (QED) is 0.306. The molecule has 0 atom stereocenters. The van der Waals surface area contributed by atoms with Gasteiger partial charge in [-0.05, 0) is 0 Å². The highest BCUT2D eigenvalue weighted by atomic mass is 16.2. The van der Waals surface area contributed by atoms with Crippen molar-refractivity contribution in [1.29, 1.82) is 0 Å². The van der Waals surface area contributed by atoms with Crippen LogP contribution < -0.4 is 21.5 Å². The highest BCUT2D eigenvalue weighted by molar-refractivity contribution is 6.02. The van der Waals surface area contributed by atoms with Crippen LogP contribution in [0.25, 0.3) is 5.95 Å². The molecule has 0 aromatic carbocycles. The van der Waals surface area contributed by atoms with Crippen LogP contribution in [0.1, 0.15) is 0 Å². The Balaban J connectivity index is 2.00. The summed E-state index contributed by atoms with van der Waals surface area (Å²) >= 11 is 0. The van der Waals surface area contributed by atoms with Crippen molar-refractivity contribution in [2.45, 2.75) is 0 Å². The van der Waals surface area contributed by atoms with Crippen molar-refractivity contribution >= 4 is 23.7 Å². The van der Waals surface area contributed by atoms with Crippen molar-refractivity contribution < 1.29 is 9.59 Å². The van der Waals surface area contributed by atoms with Gasteiger partial charge < -0.3 is 4.90 Å². The maximum absolute atomic E-state index is 11.4. The Morgan fingerprint density at radius 2 is 1.86 bits per heavy atom. The van der Waals surface area contributed by atoms with Crippen molar-refractivity contribution in [2.75, 3.05) is 23.4 Å². The lowest BCUT2D eigenvalue weighted by Gasteiger charge is -2.25. The lowest BCUT2D eigenvalue weighted by atomic mass is 10.3. The first-order valence-electron chi connectivity index (χ1n) is 5.81. The minimum Gasteiger partial charge on any atom is -0.322 e. The van der Waals surface area contributed by atoms with Gasteiger partial charge in [-0.1, -0.05) is 0 Å². The van der Waals surface area contributed by atoms with Crippen LogP contribution in [-0.2, 0) is 9.59 Å². The van der Waals surface area contributed by atoms with Crippen LogP contribution in [0.5, 0.6) is 0 Å². The van der Waals surface area contributed by atoms with Gasteiger partial charge in [0.25, 0.3) is 5.95 Å². The molecule has 1 fully saturated rings. The number of carbonyl (C=O) groups is 2. The van der Waals surface area contributed by atoms with Gasteiger partial charge in [-0.15, -0.1) is 0 Å². The molecule has 2 amide bonds. The number of rotatable bonds is 3. The van der Waals surface area contributed by atoms with Crippen molar-refractivity contribution in [3.8, 4) is 5.95 Å². The highest BCUT2D eigenvalue weighted by Gasteiger charge is 2.25. The van der Waals surface area contributed by atoms with E-state index in [1.165, 1.54) is 22.2 Å². The SMILES string of the molecule is NNc1nc(N2CC(=O)NC(=O)C2)nc(-n2cncn2)n1. The summed E-state index contributed by atoms with van der Waals surface area (Å²) in [6.45, 7) is -0.0902. The Hall–Kier alpha value is -3.15. The van der Waals surface area contributed by atoms with Gasteiger partial charge in [0.15, 0.2) is 0 Å². The van der Waals surface area contributed by atoms with E-state index in [4.69, 9.17) is 5.84 Å². The van der Waals surface area contributed by atoms with Crippen LogP contribution in [0.2, 0.25) is 0 Å². The van der Waals surface area contributed by atoms with Gasteiger partial charge in [0, 0.05) is 0 Å². The van der Waals surface area contributed by atoms with E-state index in [0.29, 0.717) is 0 Å². The number of piperazine rings is 1. The fourth-order valence-electron chi connectivity index (χ4n) is 1.75. The molecule has 1 aliphatic heterocycles. The molecule has 108 valence electrons. The van der Waals surface area contributed by atoms with Crippen LogP contribution in [0.3, 0.4) is 0 Å². The van der Waals surface area contributed by atoms with E-state index in [0.717, 1.165) is 0 Å². The first-order chi connectivity index (χ1) is 10.2. The Bertz CT molecular complexity index is 668. The second-order valence-corrected chi connectivity index (χ2v) is 4.07. The van der Waals surface area contributed by atoms with Gasteiger partial charge in [-0.25, -0.2) is 10.8 Å². The van der Waals surface area contributed by atoms with Crippen LogP contribution in [0.15, 0.2) is 12.7 Å². The molecular formula is C9H10N10O2. The summed E-state index contributed by atoms with van der Waals surface area (Å²) in [4.78, 5) is 40.2. The van der Waals surface area contributed by atoms with Gasteiger partial charge in [-0.2, -0.15) is 24.7 Å². The predicted octanol–water partition coefficient (Wildman–Crippen LogP) is -2.80. The largest absolute Gasteiger partial charge is 0.322 e. The molecule has 0 saturated carbocycles. The zero-order valence-electron chi connectivity index (χ0n) is 10.6. The number of nitrogens with one attached hydrogen (secondary N) is 2. The van der Waals surface area contributed by atoms with Gasteiger partial charge in [0.2, 0.25) is 23.7 Å². The molecule has 2 aromatic rings. The van der Waals surface area contributed by atoms with E-state index in [9.17, 15) is 9.59 Å². The third-order valence-corrected chi connectivity index (χ3v) is 2.60. The maximum Gasteiger partial charge on any atom is 0.258 e. The number of nitrogens with zero attached hydrogens (tertiary/aromatic N) is 7. The van der Waals surface area contributed by atoms with Crippen LogP contribution in [0.4, 0.5) is 11.9 Å². The molecule has 1 aliphatic rings. The summed E-state index contributed by atoms with van der Waals surface area (Å²) in [5, 5.41) is 6.09. The van der Waals surface area contributed by atoms with Gasteiger partial charge in [0.05, 0.1) is 0 Å². The van der Waals surface area contributed by atoms with E-state index in [1.807, 2.05) is 0 Å². The molecule has 0 spiro atoms. The van der Waals surface area contributed by atoms with Gasteiger partial charge >= 0.3 is 0 Å². The topological polar surface area (TPSA) is 157 Å².